The molecule has 0 bridgehead atoms. The Balaban J connectivity index is 1.47. The Hall–Kier alpha value is -4.38. The molecule has 36 heavy (non-hydrogen) atoms. The highest BCUT2D eigenvalue weighted by Crippen LogP contribution is 2.41. The zero-order valence-corrected chi connectivity index (χ0v) is 20.3. The van der Waals surface area contributed by atoms with Crippen molar-refractivity contribution in [1.82, 2.24) is 29.7 Å². The minimum absolute atomic E-state index is 0.0418. The van der Waals surface area contributed by atoms with Crippen LogP contribution in [0.4, 0.5) is 23.0 Å². The SMILES string of the molecule is CCC(=O)c1cnc(Nc2cnc(C3(N)CC3)cn2)cc1Nc1cccc(-c2ncn(C)n2)c1OC. The summed E-state index contributed by atoms with van der Waals surface area (Å²) in [6, 6.07) is 7.38. The van der Waals surface area contributed by atoms with Crippen LogP contribution in [0, 0.1) is 0 Å². The highest BCUT2D eigenvalue weighted by atomic mass is 16.5. The van der Waals surface area contributed by atoms with Gasteiger partial charge in [-0.15, -0.1) is 0 Å². The highest BCUT2D eigenvalue weighted by molar-refractivity contribution is 6.02. The van der Waals surface area contributed by atoms with E-state index in [1.54, 1.807) is 49.8 Å². The minimum Gasteiger partial charge on any atom is -0.494 e. The van der Waals surface area contributed by atoms with E-state index in [0.29, 0.717) is 46.6 Å². The van der Waals surface area contributed by atoms with Gasteiger partial charge in [0.05, 0.1) is 53.2 Å². The summed E-state index contributed by atoms with van der Waals surface area (Å²) in [5.41, 5.74) is 9.06. The minimum atomic E-state index is -0.346. The largest absolute Gasteiger partial charge is 0.494 e. The van der Waals surface area contributed by atoms with Gasteiger partial charge in [-0.25, -0.2) is 15.0 Å². The molecule has 0 saturated heterocycles. The van der Waals surface area contributed by atoms with Crippen molar-refractivity contribution in [2.45, 2.75) is 31.7 Å². The molecule has 3 heterocycles. The van der Waals surface area contributed by atoms with E-state index in [2.05, 4.69) is 35.7 Å². The van der Waals surface area contributed by atoms with Crippen molar-refractivity contribution in [2.75, 3.05) is 17.7 Å². The summed E-state index contributed by atoms with van der Waals surface area (Å²) in [6.07, 6.45) is 8.67. The first-order chi connectivity index (χ1) is 17.4. The fourth-order valence-corrected chi connectivity index (χ4v) is 3.85. The monoisotopic (exact) mass is 485 g/mol. The van der Waals surface area contributed by atoms with Gasteiger partial charge in [-0.2, -0.15) is 5.10 Å². The molecule has 1 saturated carbocycles. The summed E-state index contributed by atoms with van der Waals surface area (Å²) < 4.78 is 7.34. The van der Waals surface area contributed by atoms with E-state index in [0.717, 1.165) is 24.1 Å². The lowest BCUT2D eigenvalue weighted by atomic mass is 10.1. The number of benzene rings is 1. The molecule has 11 heteroatoms. The number of carbonyl (C=O) groups excluding carboxylic acids is 1. The van der Waals surface area contributed by atoms with Crippen molar-refractivity contribution in [2.24, 2.45) is 12.8 Å². The first-order valence-corrected chi connectivity index (χ1v) is 11.6. The number of ketones is 1. The van der Waals surface area contributed by atoms with E-state index in [-0.39, 0.29) is 11.3 Å². The number of anilines is 4. The number of ether oxygens (including phenoxy) is 1. The van der Waals surface area contributed by atoms with E-state index in [1.165, 1.54) is 0 Å². The molecule has 1 aromatic carbocycles. The fraction of sp³-hybridized carbons (Fsp3) is 0.280. The van der Waals surface area contributed by atoms with Gasteiger partial charge in [-0.1, -0.05) is 13.0 Å². The summed E-state index contributed by atoms with van der Waals surface area (Å²) in [4.78, 5) is 30.3. The zero-order chi connectivity index (χ0) is 25.3. The standard InChI is InChI=1S/C25H27N9O2/c1-4-19(35)16-11-28-21(32-22-13-27-20(12-29-22)25(26)8-9-25)10-18(16)31-17-7-5-6-15(23(17)36-3)24-30-14-34(2)33-24/h5-7,10-14H,4,8-9,26H2,1-3H3,(H2,28,29,31,32). The predicted octanol–water partition coefficient (Wildman–Crippen LogP) is 3.70. The molecule has 184 valence electrons. The van der Waals surface area contributed by atoms with Gasteiger partial charge in [0.1, 0.15) is 18.0 Å². The number of pyridine rings is 1. The quantitative estimate of drug-likeness (QED) is 0.300. The Morgan fingerprint density at radius 3 is 2.53 bits per heavy atom. The maximum Gasteiger partial charge on any atom is 0.184 e. The fourth-order valence-electron chi connectivity index (χ4n) is 3.85. The van der Waals surface area contributed by atoms with Gasteiger partial charge in [-0.05, 0) is 25.0 Å². The molecule has 1 aliphatic carbocycles. The lowest BCUT2D eigenvalue weighted by molar-refractivity contribution is 0.0988. The van der Waals surface area contributed by atoms with E-state index >= 15 is 0 Å². The number of nitrogens with two attached hydrogens (primary N) is 1. The average molecular weight is 486 g/mol. The maximum atomic E-state index is 12.7. The Kier molecular flexibility index (Phi) is 6.06. The van der Waals surface area contributed by atoms with E-state index in [4.69, 9.17) is 10.5 Å². The Morgan fingerprint density at radius 1 is 1.08 bits per heavy atom. The molecule has 1 aliphatic rings. The summed E-state index contributed by atoms with van der Waals surface area (Å²) in [6.45, 7) is 1.81. The second-order valence-corrected chi connectivity index (χ2v) is 8.71. The van der Waals surface area contributed by atoms with Crippen LogP contribution in [0.5, 0.6) is 5.75 Å². The lowest BCUT2D eigenvalue weighted by Crippen LogP contribution is -2.20. The molecule has 4 N–H and O–H groups in total. The van der Waals surface area contributed by atoms with Gasteiger partial charge < -0.3 is 21.1 Å². The van der Waals surface area contributed by atoms with Crippen LogP contribution in [0.15, 0.2) is 49.2 Å². The molecule has 0 unspecified atom stereocenters. The van der Waals surface area contributed by atoms with Crippen molar-refractivity contribution in [3.8, 4) is 17.1 Å². The third kappa shape index (κ3) is 4.60. The number of aromatic nitrogens is 6. The summed E-state index contributed by atoms with van der Waals surface area (Å²) in [5.74, 6) is 2.08. The summed E-state index contributed by atoms with van der Waals surface area (Å²) in [5, 5.41) is 10.9. The van der Waals surface area contributed by atoms with E-state index in [1.807, 2.05) is 25.1 Å². The first-order valence-electron chi connectivity index (χ1n) is 11.6. The molecule has 5 rings (SSSR count). The van der Waals surface area contributed by atoms with Crippen molar-refractivity contribution >= 4 is 28.8 Å². The molecular weight excluding hydrogens is 458 g/mol. The van der Waals surface area contributed by atoms with Gasteiger partial charge in [0.15, 0.2) is 17.4 Å². The number of methoxy groups -OCH3 is 1. The maximum absolute atomic E-state index is 12.7. The van der Waals surface area contributed by atoms with Crippen LogP contribution in [-0.2, 0) is 12.6 Å². The van der Waals surface area contributed by atoms with E-state index < -0.39 is 0 Å². The van der Waals surface area contributed by atoms with Crippen molar-refractivity contribution in [3.63, 3.8) is 0 Å². The molecule has 0 radical (unpaired) electrons. The van der Waals surface area contributed by atoms with Gasteiger partial charge in [-0.3, -0.25) is 14.5 Å². The summed E-state index contributed by atoms with van der Waals surface area (Å²) in [7, 11) is 3.39. The number of nitrogens with one attached hydrogen (secondary N) is 2. The number of para-hydroxylation sites is 1. The molecule has 0 aliphatic heterocycles. The van der Waals surface area contributed by atoms with Crippen LogP contribution in [0.2, 0.25) is 0 Å². The first kappa shape index (κ1) is 23.4. The van der Waals surface area contributed by atoms with Crippen LogP contribution in [0.3, 0.4) is 0 Å². The molecule has 0 atom stereocenters. The number of hydrogen-bond donors (Lipinski definition) is 3. The summed E-state index contributed by atoms with van der Waals surface area (Å²) >= 11 is 0. The molecule has 1 fully saturated rings. The van der Waals surface area contributed by atoms with E-state index in [9.17, 15) is 4.79 Å². The highest BCUT2D eigenvalue weighted by Gasteiger charge is 2.41. The Labute approximate surface area is 208 Å². The molecule has 0 amide bonds. The van der Waals surface area contributed by atoms with Crippen molar-refractivity contribution in [1.29, 1.82) is 0 Å². The number of nitrogens with zero attached hydrogens (tertiary/aromatic N) is 6. The number of Topliss-reactive ketones (excluding diaryl/α,β-unsaturated/α-hetero) is 1. The normalized spacial score (nSPS) is 13.8. The average Bonchev–Trinajstić information content (AvgIpc) is 3.50. The molecule has 0 spiro atoms. The van der Waals surface area contributed by atoms with Crippen LogP contribution >= 0.6 is 0 Å². The van der Waals surface area contributed by atoms with Gasteiger partial charge in [0, 0.05) is 25.7 Å². The van der Waals surface area contributed by atoms with Gasteiger partial charge in [0.25, 0.3) is 0 Å². The zero-order valence-electron chi connectivity index (χ0n) is 20.3. The molecular formula is C25H27N9O2. The van der Waals surface area contributed by atoms with Gasteiger partial charge in [0.2, 0.25) is 0 Å². The van der Waals surface area contributed by atoms with Crippen molar-refractivity contribution < 1.29 is 9.53 Å². The topological polar surface area (TPSA) is 146 Å². The van der Waals surface area contributed by atoms with Crippen molar-refractivity contribution in [3.05, 3.63) is 60.4 Å². The van der Waals surface area contributed by atoms with Crippen LogP contribution < -0.4 is 21.1 Å². The number of carbonyl (C=O) groups is 1. The number of hydrogen-bond acceptors (Lipinski definition) is 10. The second-order valence-electron chi connectivity index (χ2n) is 8.71. The Bertz CT molecular complexity index is 1410. The Morgan fingerprint density at radius 2 is 1.89 bits per heavy atom. The third-order valence-electron chi connectivity index (χ3n) is 6.06. The van der Waals surface area contributed by atoms with Gasteiger partial charge >= 0.3 is 0 Å². The predicted molar refractivity (Wildman–Crippen MR) is 136 cm³/mol. The smallest absolute Gasteiger partial charge is 0.184 e. The molecule has 3 aromatic heterocycles. The lowest BCUT2D eigenvalue weighted by Gasteiger charge is -2.17. The number of aryl methyl sites for hydroxylation is 1. The van der Waals surface area contributed by atoms with Crippen LogP contribution in [0.25, 0.3) is 11.4 Å². The molecule has 4 aromatic rings. The third-order valence-corrected chi connectivity index (χ3v) is 6.06. The second kappa shape index (κ2) is 9.34. The number of rotatable bonds is 9. The van der Waals surface area contributed by atoms with Crippen LogP contribution in [-0.4, -0.2) is 42.6 Å². The van der Waals surface area contributed by atoms with Crippen LogP contribution in [0.1, 0.15) is 42.2 Å². The molecule has 11 nitrogen and oxygen atoms in total.